The normalized spacial score (nSPS) is 20.2. The predicted molar refractivity (Wildman–Crippen MR) is 128 cm³/mol. The number of nitrogens with two attached hydrogens (primary N) is 1. The Hall–Kier alpha value is -3.14. The van der Waals surface area contributed by atoms with Gasteiger partial charge in [-0.1, -0.05) is 36.2 Å². The summed E-state index contributed by atoms with van der Waals surface area (Å²) in [4.78, 5) is 24.1. The van der Waals surface area contributed by atoms with E-state index in [1.165, 1.54) is 0 Å². The summed E-state index contributed by atoms with van der Waals surface area (Å²) in [7, 11) is -3.10. The highest BCUT2D eigenvalue weighted by molar-refractivity contribution is 7.91. The molecule has 1 saturated heterocycles. The molecule has 1 atom stereocenters. The molecule has 2 aromatic rings. The van der Waals surface area contributed by atoms with Crippen molar-refractivity contribution < 1.29 is 22.8 Å². The summed E-state index contributed by atoms with van der Waals surface area (Å²) in [6.07, 6.45) is 7.77. The van der Waals surface area contributed by atoms with Gasteiger partial charge in [-0.3, -0.25) is 9.78 Å². The van der Waals surface area contributed by atoms with E-state index in [9.17, 15) is 13.2 Å². The molecule has 4 rings (SSSR count). The molecule has 10 heteroatoms. The van der Waals surface area contributed by atoms with Crippen molar-refractivity contribution in [1.29, 1.82) is 0 Å². The minimum absolute atomic E-state index is 0.0203. The fourth-order valence-electron chi connectivity index (χ4n) is 4.56. The van der Waals surface area contributed by atoms with Gasteiger partial charge in [-0.2, -0.15) is 0 Å². The van der Waals surface area contributed by atoms with E-state index in [1.54, 1.807) is 35.5 Å². The van der Waals surface area contributed by atoms with Crippen LogP contribution in [0.4, 0.5) is 0 Å². The van der Waals surface area contributed by atoms with Crippen LogP contribution in [-0.4, -0.2) is 60.2 Å². The summed E-state index contributed by atoms with van der Waals surface area (Å²) in [6.45, 7) is 0.0815. The maximum Gasteiger partial charge on any atom is 0.263 e. The number of benzene rings is 1. The molecule has 2 fully saturated rings. The average molecular weight is 487 g/mol. The quantitative estimate of drug-likeness (QED) is 0.327. The lowest BCUT2D eigenvalue weighted by molar-refractivity contribution is -0.140. The number of rotatable bonds is 9. The van der Waals surface area contributed by atoms with Crippen LogP contribution in [0.2, 0.25) is 0 Å². The minimum Gasteiger partial charge on any atom is -0.489 e. The summed E-state index contributed by atoms with van der Waals surface area (Å²) in [5.41, 5.74) is 7.61. The molecule has 1 aliphatic carbocycles. The molecule has 1 aliphatic heterocycles. The number of carbonyl (C=O) groups is 1. The third kappa shape index (κ3) is 6.25. The number of pyridine rings is 1. The van der Waals surface area contributed by atoms with Crippen LogP contribution in [0.5, 0.6) is 5.75 Å². The molecule has 0 bridgehead atoms. The molecule has 0 spiro atoms. The zero-order valence-corrected chi connectivity index (χ0v) is 19.8. The number of nitrogens with zero attached hydrogens (tertiary/aromatic N) is 3. The molecule has 1 unspecified atom stereocenters. The first-order valence-electron chi connectivity index (χ1n) is 11.5. The summed E-state index contributed by atoms with van der Waals surface area (Å²) in [5.74, 6) is 0.631. The SMILES string of the molecule is N/C(=N/OCC(=O)N(C1CCCC1)C1CCS(=O)(=O)C1)c1cccc(OCc2cccnc2)c1. The van der Waals surface area contributed by atoms with Gasteiger partial charge in [0.25, 0.3) is 5.91 Å². The van der Waals surface area contributed by atoms with Gasteiger partial charge in [-0.05, 0) is 37.5 Å². The van der Waals surface area contributed by atoms with Gasteiger partial charge >= 0.3 is 0 Å². The van der Waals surface area contributed by atoms with E-state index in [0.717, 1.165) is 31.2 Å². The molecule has 1 amide bonds. The van der Waals surface area contributed by atoms with Crippen molar-refractivity contribution in [3.8, 4) is 5.75 Å². The number of ether oxygens (including phenoxy) is 1. The van der Waals surface area contributed by atoms with E-state index >= 15 is 0 Å². The Morgan fingerprint density at radius 3 is 2.68 bits per heavy atom. The van der Waals surface area contributed by atoms with E-state index in [0.29, 0.717) is 24.3 Å². The highest BCUT2D eigenvalue weighted by atomic mass is 32.2. The van der Waals surface area contributed by atoms with E-state index in [1.807, 2.05) is 18.2 Å². The van der Waals surface area contributed by atoms with Crippen LogP contribution in [0.3, 0.4) is 0 Å². The molecule has 182 valence electrons. The smallest absolute Gasteiger partial charge is 0.263 e. The number of aromatic nitrogens is 1. The number of hydrogen-bond acceptors (Lipinski definition) is 7. The second-order valence-electron chi connectivity index (χ2n) is 8.72. The molecule has 1 saturated carbocycles. The maximum absolute atomic E-state index is 13.0. The van der Waals surface area contributed by atoms with Gasteiger partial charge in [0.2, 0.25) is 0 Å². The minimum atomic E-state index is -3.10. The number of oxime groups is 1. The van der Waals surface area contributed by atoms with Gasteiger partial charge in [0.15, 0.2) is 22.3 Å². The van der Waals surface area contributed by atoms with Crippen molar-refractivity contribution in [3.05, 3.63) is 59.9 Å². The van der Waals surface area contributed by atoms with Gasteiger partial charge < -0.3 is 20.2 Å². The van der Waals surface area contributed by atoms with Crippen molar-refractivity contribution in [2.75, 3.05) is 18.1 Å². The third-order valence-corrected chi connectivity index (χ3v) is 7.97. The van der Waals surface area contributed by atoms with Gasteiger partial charge in [-0.15, -0.1) is 0 Å². The van der Waals surface area contributed by atoms with Crippen LogP contribution >= 0.6 is 0 Å². The van der Waals surface area contributed by atoms with Crippen molar-refractivity contribution in [1.82, 2.24) is 9.88 Å². The highest BCUT2D eigenvalue weighted by Crippen LogP contribution is 2.29. The lowest BCUT2D eigenvalue weighted by Gasteiger charge is -2.33. The van der Waals surface area contributed by atoms with Crippen LogP contribution in [0.1, 0.15) is 43.2 Å². The van der Waals surface area contributed by atoms with Crippen molar-refractivity contribution in [2.24, 2.45) is 10.9 Å². The monoisotopic (exact) mass is 486 g/mol. The van der Waals surface area contributed by atoms with Gasteiger partial charge in [0.1, 0.15) is 12.4 Å². The molecule has 2 aliphatic rings. The number of amides is 1. The van der Waals surface area contributed by atoms with Crippen LogP contribution in [-0.2, 0) is 26.1 Å². The van der Waals surface area contributed by atoms with E-state index < -0.39 is 9.84 Å². The second-order valence-corrected chi connectivity index (χ2v) is 11.0. The Morgan fingerprint density at radius 1 is 1.15 bits per heavy atom. The van der Waals surface area contributed by atoms with Gasteiger partial charge in [-0.25, -0.2) is 8.42 Å². The molecule has 9 nitrogen and oxygen atoms in total. The maximum atomic E-state index is 13.0. The summed E-state index contributed by atoms with van der Waals surface area (Å²) in [5, 5.41) is 3.92. The van der Waals surface area contributed by atoms with E-state index in [4.69, 9.17) is 15.3 Å². The first kappa shape index (κ1) is 24.0. The van der Waals surface area contributed by atoms with Crippen molar-refractivity contribution in [2.45, 2.75) is 50.8 Å². The van der Waals surface area contributed by atoms with Crippen LogP contribution in [0.15, 0.2) is 53.9 Å². The fraction of sp³-hybridized carbons (Fsp3) is 0.458. The second kappa shape index (κ2) is 10.9. The molecule has 2 heterocycles. The molecule has 1 aromatic heterocycles. The predicted octanol–water partition coefficient (Wildman–Crippen LogP) is 2.26. The lowest BCUT2D eigenvalue weighted by Crippen LogP contribution is -2.48. The largest absolute Gasteiger partial charge is 0.489 e. The molecule has 0 radical (unpaired) electrons. The Balaban J connectivity index is 1.35. The van der Waals surface area contributed by atoms with E-state index in [2.05, 4.69) is 10.1 Å². The zero-order chi connectivity index (χ0) is 24.0. The molecular weight excluding hydrogens is 456 g/mol. The number of carbonyl (C=O) groups excluding carboxylic acids is 1. The summed E-state index contributed by atoms with van der Waals surface area (Å²) >= 11 is 0. The number of sulfone groups is 1. The molecular formula is C24H30N4O5S. The molecule has 34 heavy (non-hydrogen) atoms. The van der Waals surface area contributed by atoms with Gasteiger partial charge in [0, 0.05) is 35.6 Å². The number of amidine groups is 1. The summed E-state index contributed by atoms with van der Waals surface area (Å²) < 4.78 is 29.7. The third-order valence-electron chi connectivity index (χ3n) is 6.22. The fourth-order valence-corrected chi connectivity index (χ4v) is 6.27. The first-order valence-corrected chi connectivity index (χ1v) is 13.3. The topological polar surface area (TPSA) is 124 Å². The molecule has 2 N–H and O–H groups in total. The Labute approximate surface area is 199 Å². The average Bonchev–Trinajstić information content (AvgIpc) is 3.48. The Bertz CT molecular complexity index is 1120. The van der Waals surface area contributed by atoms with Crippen LogP contribution in [0.25, 0.3) is 0 Å². The van der Waals surface area contributed by atoms with Crippen molar-refractivity contribution >= 4 is 21.6 Å². The molecule has 1 aromatic carbocycles. The van der Waals surface area contributed by atoms with Crippen LogP contribution in [0, 0.1) is 0 Å². The highest BCUT2D eigenvalue weighted by Gasteiger charge is 2.39. The van der Waals surface area contributed by atoms with Gasteiger partial charge in [0.05, 0.1) is 11.5 Å². The first-order chi connectivity index (χ1) is 16.4. The summed E-state index contributed by atoms with van der Waals surface area (Å²) in [6, 6.07) is 10.7. The lowest BCUT2D eigenvalue weighted by atomic mass is 10.1. The number of hydrogen-bond donors (Lipinski definition) is 1. The van der Waals surface area contributed by atoms with Crippen LogP contribution < -0.4 is 10.5 Å². The van der Waals surface area contributed by atoms with Crippen molar-refractivity contribution in [3.63, 3.8) is 0 Å². The van der Waals surface area contributed by atoms with E-state index in [-0.39, 0.29) is 41.9 Å². The Morgan fingerprint density at radius 2 is 1.97 bits per heavy atom. The standard InChI is InChI=1S/C24H30N4O5S/c25-24(19-6-3-9-22(13-19)32-15-18-5-4-11-26-14-18)27-33-16-23(29)28(20-7-1-2-8-20)21-10-12-34(30,31)17-21/h3-6,9,11,13-14,20-21H,1-2,7-8,10,12,15-17H2,(H2,25,27). The Kier molecular flexibility index (Phi) is 7.66. The zero-order valence-electron chi connectivity index (χ0n) is 19.0.